The van der Waals surface area contributed by atoms with Crippen LogP contribution >= 0.6 is 24.0 Å². The smallest absolute Gasteiger partial charge is 0.253 e. The first-order valence-corrected chi connectivity index (χ1v) is 9.93. The van der Waals surface area contributed by atoms with Crippen LogP contribution in [0.5, 0.6) is 0 Å². The summed E-state index contributed by atoms with van der Waals surface area (Å²) in [7, 11) is 6.93. The molecule has 2 rings (SSSR count). The number of hydrogen-bond donors (Lipinski definition) is 2. The third-order valence-electron chi connectivity index (χ3n) is 4.45. The lowest BCUT2D eigenvalue weighted by atomic mass is 10.1. The maximum Gasteiger partial charge on any atom is 0.253 e. The molecule has 7 nitrogen and oxygen atoms in total. The fourth-order valence-corrected chi connectivity index (χ4v) is 2.69. The highest BCUT2D eigenvalue weighted by Gasteiger charge is 2.09. The summed E-state index contributed by atoms with van der Waals surface area (Å²) in [5.41, 5.74) is 2.82. The van der Waals surface area contributed by atoms with E-state index in [1.807, 2.05) is 54.6 Å². The first-order valence-electron chi connectivity index (χ1n) is 9.93. The summed E-state index contributed by atoms with van der Waals surface area (Å²) in [6, 6.07) is 17.6. The average molecular weight is 537 g/mol. The van der Waals surface area contributed by atoms with E-state index in [4.69, 9.17) is 0 Å². The summed E-state index contributed by atoms with van der Waals surface area (Å²) in [5.74, 6) is 0.535. The molecular weight excluding hydrogens is 505 g/mol. The van der Waals surface area contributed by atoms with E-state index in [2.05, 4.69) is 15.6 Å². The van der Waals surface area contributed by atoms with E-state index >= 15 is 0 Å². The molecule has 0 radical (unpaired) electrons. The van der Waals surface area contributed by atoms with Gasteiger partial charge in [-0.1, -0.05) is 42.5 Å². The lowest BCUT2D eigenvalue weighted by Gasteiger charge is -2.15. The number of carbonyl (C=O) groups is 2. The van der Waals surface area contributed by atoms with E-state index in [1.54, 1.807) is 33.1 Å². The number of rotatable bonds is 8. The van der Waals surface area contributed by atoms with Crippen LogP contribution in [0.3, 0.4) is 0 Å². The number of amides is 2. The second-order valence-corrected chi connectivity index (χ2v) is 7.37. The van der Waals surface area contributed by atoms with Crippen LogP contribution in [-0.4, -0.2) is 68.9 Å². The molecule has 0 heterocycles. The highest BCUT2D eigenvalue weighted by molar-refractivity contribution is 14.0. The van der Waals surface area contributed by atoms with Crippen LogP contribution in [-0.2, 0) is 17.8 Å². The van der Waals surface area contributed by atoms with Gasteiger partial charge < -0.3 is 20.4 Å². The van der Waals surface area contributed by atoms with Gasteiger partial charge in [0.05, 0.1) is 13.1 Å². The van der Waals surface area contributed by atoms with Crippen LogP contribution < -0.4 is 10.6 Å². The zero-order valence-electron chi connectivity index (χ0n) is 18.6. The highest BCUT2D eigenvalue weighted by atomic mass is 127. The molecule has 0 aliphatic heterocycles. The van der Waals surface area contributed by atoms with Gasteiger partial charge in [0.25, 0.3) is 5.91 Å². The van der Waals surface area contributed by atoms with E-state index in [1.165, 1.54) is 4.90 Å². The number of benzene rings is 2. The molecule has 0 aromatic heterocycles. The van der Waals surface area contributed by atoms with Crippen molar-refractivity contribution in [2.75, 3.05) is 41.3 Å². The van der Waals surface area contributed by atoms with Gasteiger partial charge >= 0.3 is 0 Å². The Morgan fingerprint density at radius 2 is 1.55 bits per heavy atom. The van der Waals surface area contributed by atoms with Gasteiger partial charge in [0.15, 0.2) is 5.96 Å². The summed E-state index contributed by atoms with van der Waals surface area (Å²) in [6.45, 7) is 1.30. The summed E-state index contributed by atoms with van der Waals surface area (Å²) >= 11 is 0. The number of hydrogen-bond acceptors (Lipinski definition) is 3. The Hall–Kier alpha value is -2.62. The number of guanidine groups is 1. The monoisotopic (exact) mass is 537 g/mol. The summed E-state index contributed by atoms with van der Waals surface area (Å²) in [4.78, 5) is 31.8. The number of aliphatic imine (C=N–C) groups is 1. The Kier molecular flexibility index (Phi) is 11.6. The minimum Gasteiger partial charge on any atom is -0.356 e. The molecule has 0 fully saturated rings. The lowest BCUT2D eigenvalue weighted by molar-refractivity contribution is -0.127. The summed E-state index contributed by atoms with van der Waals surface area (Å²) in [6.07, 6.45) is 0.724. The van der Waals surface area contributed by atoms with Crippen LogP contribution in [0.1, 0.15) is 21.5 Å². The van der Waals surface area contributed by atoms with Crippen molar-refractivity contribution in [2.45, 2.75) is 13.0 Å². The number of nitrogens with one attached hydrogen (secondary N) is 2. The van der Waals surface area contributed by atoms with Gasteiger partial charge in [0.2, 0.25) is 5.91 Å². The molecule has 0 unspecified atom stereocenters. The van der Waals surface area contributed by atoms with Crippen LogP contribution in [0.25, 0.3) is 0 Å². The van der Waals surface area contributed by atoms with E-state index in [-0.39, 0.29) is 42.3 Å². The molecule has 0 saturated carbocycles. The number of nitrogens with zero attached hydrogens (tertiary/aromatic N) is 3. The lowest BCUT2D eigenvalue weighted by Crippen LogP contribution is -2.43. The molecule has 0 atom stereocenters. The molecule has 2 aromatic carbocycles. The van der Waals surface area contributed by atoms with Crippen molar-refractivity contribution in [3.8, 4) is 0 Å². The zero-order valence-corrected chi connectivity index (χ0v) is 20.9. The molecule has 2 N–H and O–H groups in total. The van der Waals surface area contributed by atoms with Crippen LogP contribution in [0.4, 0.5) is 0 Å². The molecule has 0 aliphatic rings. The first-order chi connectivity index (χ1) is 14.4. The Bertz CT molecular complexity index is 869. The van der Waals surface area contributed by atoms with E-state index < -0.39 is 0 Å². The molecule has 31 heavy (non-hydrogen) atoms. The first kappa shape index (κ1) is 26.4. The average Bonchev–Trinajstić information content (AvgIpc) is 2.75. The Morgan fingerprint density at radius 1 is 0.871 bits per heavy atom. The van der Waals surface area contributed by atoms with Crippen molar-refractivity contribution in [1.82, 2.24) is 20.4 Å². The highest BCUT2D eigenvalue weighted by Crippen LogP contribution is 2.08. The molecular formula is C23H32IN5O2. The predicted octanol–water partition coefficient (Wildman–Crippen LogP) is 2.37. The van der Waals surface area contributed by atoms with Gasteiger partial charge in [0.1, 0.15) is 0 Å². The fraction of sp³-hybridized carbons (Fsp3) is 0.348. The molecule has 2 amide bonds. The van der Waals surface area contributed by atoms with E-state index in [0.717, 1.165) is 17.5 Å². The summed E-state index contributed by atoms with van der Waals surface area (Å²) < 4.78 is 0. The third-order valence-corrected chi connectivity index (χ3v) is 4.45. The summed E-state index contributed by atoms with van der Waals surface area (Å²) in [5, 5.41) is 6.37. The Balaban J connectivity index is 0.00000480. The van der Waals surface area contributed by atoms with Crippen molar-refractivity contribution in [3.05, 3.63) is 71.3 Å². The molecule has 8 heteroatoms. The largest absolute Gasteiger partial charge is 0.356 e. The van der Waals surface area contributed by atoms with Crippen molar-refractivity contribution in [1.29, 1.82) is 0 Å². The SMILES string of the molecule is CN(C)C(=O)CNC(=NCc1ccccc1)NCCc1cccc(C(=O)N(C)C)c1.I. The van der Waals surface area contributed by atoms with Crippen LogP contribution in [0.15, 0.2) is 59.6 Å². The van der Waals surface area contributed by atoms with Crippen LogP contribution in [0, 0.1) is 0 Å². The fourth-order valence-electron chi connectivity index (χ4n) is 2.69. The van der Waals surface area contributed by atoms with Gasteiger partial charge in [0, 0.05) is 40.3 Å². The minimum atomic E-state index is -0.0286. The van der Waals surface area contributed by atoms with Gasteiger partial charge in [-0.25, -0.2) is 4.99 Å². The molecule has 2 aromatic rings. The second-order valence-electron chi connectivity index (χ2n) is 7.37. The quantitative estimate of drug-likeness (QED) is 0.308. The second kappa shape index (κ2) is 13.6. The molecule has 0 spiro atoms. The molecule has 0 bridgehead atoms. The van der Waals surface area contributed by atoms with Gasteiger partial charge in [-0.05, 0) is 29.7 Å². The Labute approximate surface area is 201 Å². The van der Waals surface area contributed by atoms with Gasteiger partial charge in [-0.15, -0.1) is 24.0 Å². The normalized spacial score (nSPS) is 10.6. The van der Waals surface area contributed by atoms with E-state index in [0.29, 0.717) is 24.6 Å². The van der Waals surface area contributed by atoms with Crippen LogP contribution in [0.2, 0.25) is 0 Å². The standard InChI is InChI=1S/C23H31N5O2.HI/c1-27(2)21(29)17-26-23(25-16-19-9-6-5-7-10-19)24-14-13-18-11-8-12-20(15-18)22(30)28(3)4;/h5-12,15H,13-14,16-17H2,1-4H3,(H2,24,25,26);1H. The topological polar surface area (TPSA) is 77.0 Å². The van der Waals surface area contributed by atoms with E-state index in [9.17, 15) is 9.59 Å². The van der Waals surface area contributed by atoms with Gasteiger partial charge in [-0.2, -0.15) is 0 Å². The molecule has 0 aliphatic carbocycles. The number of likely N-dealkylation sites (N-methyl/N-ethyl adjacent to an activating group) is 1. The van der Waals surface area contributed by atoms with Gasteiger partial charge in [-0.3, -0.25) is 9.59 Å². The van der Waals surface area contributed by atoms with Crippen molar-refractivity contribution in [3.63, 3.8) is 0 Å². The van der Waals surface area contributed by atoms with Crippen molar-refractivity contribution in [2.24, 2.45) is 4.99 Å². The molecule has 0 saturated heterocycles. The maximum absolute atomic E-state index is 12.1. The predicted molar refractivity (Wildman–Crippen MR) is 136 cm³/mol. The maximum atomic E-state index is 12.1. The number of carbonyl (C=O) groups excluding carboxylic acids is 2. The van der Waals surface area contributed by atoms with Crippen molar-refractivity contribution < 1.29 is 9.59 Å². The Morgan fingerprint density at radius 3 is 2.19 bits per heavy atom. The number of halogens is 1. The third kappa shape index (κ3) is 9.37. The van der Waals surface area contributed by atoms with Crippen molar-refractivity contribution >= 4 is 41.8 Å². The minimum absolute atomic E-state index is 0. The zero-order chi connectivity index (χ0) is 21.9. The molecule has 168 valence electrons.